The minimum Gasteiger partial charge on any atom is -0.347 e. The fourth-order valence-electron chi connectivity index (χ4n) is 1.91. The van der Waals surface area contributed by atoms with E-state index in [1.807, 2.05) is 12.3 Å². The van der Waals surface area contributed by atoms with Crippen molar-refractivity contribution in [1.29, 1.82) is 0 Å². The van der Waals surface area contributed by atoms with Gasteiger partial charge in [-0.1, -0.05) is 12.2 Å². The van der Waals surface area contributed by atoms with Gasteiger partial charge in [0.05, 0.1) is 11.9 Å². The first-order valence-electron chi connectivity index (χ1n) is 5.29. The lowest BCUT2D eigenvalue weighted by Gasteiger charge is -2.25. The second-order valence-electron chi connectivity index (χ2n) is 3.84. The average molecular weight is 200 g/mol. The van der Waals surface area contributed by atoms with Gasteiger partial charge in [0.2, 0.25) is 0 Å². The number of allylic oxidation sites excluding steroid dienone is 4. The van der Waals surface area contributed by atoms with Gasteiger partial charge in [-0.05, 0) is 37.5 Å². The Morgan fingerprint density at radius 3 is 2.93 bits per heavy atom. The normalized spacial score (nSPS) is 15.6. The van der Waals surface area contributed by atoms with Crippen molar-refractivity contribution < 1.29 is 0 Å². The predicted octanol–water partition coefficient (Wildman–Crippen LogP) is 3.14. The molecule has 2 heteroatoms. The molecule has 0 saturated carbocycles. The predicted molar refractivity (Wildman–Crippen MR) is 63.7 cm³/mol. The first-order chi connectivity index (χ1) is 7.29. The molecule has 1 heterocycles. The number of pyridine rings is 1. The van der Waals surface area contributed by atoms with E-state index in [0.29, 0.717) is 0 Å². The zero-order valence-electron chi connectivity index (χ0n) is 9.27. The van der Waals surface area contributed by atoms with Gasteiger partial charge in [-0.25, -0.2) is 0 Å². The maximum Gasteiger partial charge on any atom is 0.0592 e. The zero-order valence-corrected chi connectivity index (χ0v) is 9.27. The summed E-state index contributed by atoms with van der Waals surface area (Å²) < 4.78 is 0. The Labute approximate surface area is 90.9 Å². The summed E-state index contributed by atoms with van der Waals surface area (Å²) in [5.74, 6) is 0. The fourth-order valence-corrected chi connectivity index (χ4v) is 1.91. The van der Waals surface area contributed by atoms with Crippen LogP contribution in [0.4, 0.5) is 5.69 Å². The van der Waals surface area contributed by atoms with Crippen molar-refractivity contribution in [2.75, 3.05) is 11.9 Å². The quantitative estimate of drug-likeness (QED) is 0.729. The van der Waals surface area contributed by atoms with Crippen molar-refractivity contribution >= 4 is 5.69 Å². The van der Waals surface area contributed by atoms with Crippen LogP contribution in [0, 0.1) is 0 Å². The first-order valence-corrected chi connectivity index (χ1v) is 5.29. The molecular formula is C13H16N2. The highest BCUT2D eigenvalue weighted by molar-refractivity contribution is 5.51. The molecule has 1 aromatic rings. The minimum atomic E-state index is 1.12. The molecule has 0 unspecified atom stereocenters. The van der Waals surface area contributed by atoms with Crippen molar-refractivity contribution in [2.45, 2.75) is 19.8 Å². The molecule has 2 nitrogen and oxygen atoms in total. The van der Waals surface area contributed by atoms with Crippen molar-refractivity contribution in [3.8, 4) is 0 Å². The van der Waals surface area contributed by atoms with Crippen molar-refractivity contribution in [3.05, 3.63) is 47.9 Å². The van der Waals surface area contributed by atoms with Gasteiger partial charge in [0.1, 0.15) is 0 Å². The third-order valence-electron chi connectivity index (χ3n) is 2.81. The van der Waals surface area contributed by atoms with E-state index in [4.69, 9.17) is 0 Å². The summed E-state index contributed by atoms with van der Waals surface area (Å²) in [5, 5.41) is 0. The molecule has 1 aliphatic carbocycles. The summed E-state index contributed by atoms with van der Waals surface area (Å²) in [5.41, 5.74) is 3.90. The summed E-state index contributed by atoms with van der Waals surface area (Å²) in [6.07, 6.45) is 10.4. The molecule has 2 rings (SSSR count). The van der Waals surface area contributed by atoms with Gasteiger partial charge >= 0.3 is 0 Å². The zero-order chi connectivity index (χ0) is 10.7. The number of hydrogen-bond donors (Lipinski definition) is 0. The van der Waals surface area contributed by atoms with Gasteiger partial charge in [0.25, 0.3) is 0 Å². The molecule has 0 aliphatic heterocycles. The van der Waals surface area contributed by atoms with Crippen LogP contribution < -0.4 is 4.90 Å². The maximum absolute atomic E-state index is 4.14. The lowest BCUT2D eigenvalue weighted by atomic mass is 10.0. The molecular weight excluding hydrogens is 184 g/mol. The monoisotopic (exact) mass is 200 g/mol. The van der Waals surface area contributed by atoms with Gasteiger partial charge in [-0.2, -0.15) is 0 Å². The number of rotatable bonds is 2. The van der Waals surface area contributed by atoms with Crippen LogP contribution in [0.15, 0.2) is 47.9 Å². The van der Waals surface area contributed by atoms with Crippen molar-refractivity contribution in [2.24, 2.45) is 0 Å². The maximum atomic E-state index is 4.14. The third-order valence-corrected chi connectivity index (χ3v) is 2.81. The van der Waals surface area contributed by atoms with Crippen molar-refractivity contribution in [1.82, 2.24) is 4.98 Å². The molecule has 0 radical (unpaired) electrons. The lowest BCUT2D eigenvalue weighted by molar-refractivity contribution is 0.875. The summed E-state index contributed by atoms with van der Waals surface area (Å²) in [6.45, 7) is 2.16. The van der Waals surface area contributed by atoms with E-state index in [1.165, 1.54) is 11.3 Å². The summed E-state index contributed by atoms with van der Waals surface area (Å²) in [6, 6.07) is 4.06. The van der Waals surface area contributed by atoms with E-state index in [1.54, 1.807) is 6.20 Å². The Kier molecular flexibility index (Phi) is 2.86. The van der Waals surface area contributed by atoms with Crippen LogP contribution in [-0.2, 0) is 0 Å². The van der Waals surface area contributed by atoms with Crippen LogP contribution in [0.3, 0.4) is 0 Å². The van der Waals surface area contributed by atoms with E-state index in [9.17, 15) is 0 Å². The first kappa shape index (κ1) is 9.97. The number of hydrogen-bond acceptors (Lipinski definition) is 2. The van der Waals surface area contributed by atoms with Gasteiger partial charge in [0.15, 0.2) is 0 Å². The Hall–Kier alpha value is -1.57. The van der Waals surface area contributed by atoms with Crippen LogP contribution in [0.2, 0.25) is 0 Å². The van der Waals surface area contributed by atoms with Crippen LogP contribution in [0.5, 0.6) is 0 Å². The molecule has 1 aliphatic rings. The number of anilines is 1. The third kappa shape index (κ3) is 2.09. The highest BCUT2D eigenvalue weighted by atomic mass is 15.1. The molecule has 15 heavy (non-hydrogen) atoms. The van der Waals surface area contributed by atoms with Crippen molar-refractivity contribution in [3.63, 3.8) is 0 Å². The fraction of sp³-hybridized carbons (Fsp3) is 0.308. The molecule has 0 spiro atoms. The summed E-state index contributed by atoms with van der Waals surface area (Å²) >= 11 is 0. The smallest absolute Gasteiger partial charge is 0.0592 e. The highest BCUT2D eigenvalue weighted by Gasteiger charge is 2.11. The van der Waals surface area contributed by atoms with Gasteiger partial charge in [-0.3, -0.25) is 4.98 Å². The second kappa shape index (κ2) is 4.30. The number of aromatic nitrogens is 1. The van der Waals surface area contributed by atoms with E-state index in [-0.39, 0.29) is 0 Å². The molecule has 0 aromatic carbocycles. The Bertz CT molecular complexity index is 390. The minimum absolute atomic E-state index is 1.12. The van der Waals surface area contributed by atoms with Gasteiger partial charge in [0, 0.05) is 18.9 Å². The second-order valence-corrected chi connectivity index (χ2v) is 3.84. The van der Waals surface area contributed by atoms with Gasteiger partial charge < -0.3 is 4.90 Å². The highest BCUT2D eigenvalue weighted by Crippen LogP contribution is 2.25. The molecule has 0 fully saturated rings. The molecule has 78 valence electrons. The van der Waals surface area contributed by atoms with E-state index in [2.05, 4.69) is 42.1 Å². The molecule has 0 saturated heterocycles. The molecule has 0 bridgehead atoms. The largest absolute Gasteiger partial charge is 0.347 e. The van der Waals surface area contributed by atoms with Gasteiger partial charge in [-0.15, -0.1) is 0 Å². The van der Waals surface area contributed by atoms with Crippen LogP contribution in [0.1, 0.15) is 19.8 Å². The van der Waals surface area contributed by atoms with Crippen LogP contribution >= 0.6 is 0 Å². The topological polar surface area (TPSA) is 16.1 Å². The molecule has 0 atom stereocenters. The van der Waals surface area contributed by atoms with E-state index < -0.39 is 0 Å². The SMILES string of the molecule is CC1=C(N(C)c2cccnc2)CCC=C1. The molecule has 0 amide bonds. The molecule has 0 N–H and O–H groups in total. The standard InChI is InChI=1S/C13H16N2/c1-11-6-3-4-8-13(11)15(2)12-7-5-9-14-10-12/h3,5-7,9-10H,4,8H2,1-2H3. The lowest BCUT2D eigenvalue weighted by Crippen LogP contribution is -2.18. The Morgan fingerprint density at radius 1 is 1.40 bits per heavy atom. The van der Waals surface area contributed by atoms with E-state index in [0.717, 1.165) is 18.5 Å². The van der Waals surface area contributed by atoms with Crippen LogP contribution in [-0.4, -0.2) is 12.0 Å². The number of nitrogens with zero attached hydrogens (tertiary/aromatic N) is 2. The van der Waals surface area contributed by atoms with E-state index >= 15 is 0 Å². The average Bonchev–Trinajstić information content (AvgIpc) is 2.30. The Balaban J connectivity index is 2.28. The summed E-state index contributed by atoms with van der Waals surface area (Å²) in [4.78, 5) is 6.37. The van der Waals surface area contributed by atoms with Crippen LogP contribution in [0.25, 0.3) is 0 Å². The Morgan fingerprint density at radius 2 is 2.27 bits per heavy atom. The summed E-state index contributed by atoms with van der Waals surface area (Å²) in [7, 11) is 2.11. The molecule has 1 aromatic heterocycles.